The third-order valence-electron chi connectivity index (χ3n) is 2.40. The minimum Gasteiger partial charge on any atom is -0.308 e. The second-order valence-electron chi connectivity index (χ2n) is 4.31. The van der Waals surface area contributed by atoms with Crippen molar-refractivity contribution >= 4 is 44.1 Å². The summed E-state index contributed by atoms with van der Waals surface area (Å²) in [6.45, 7) is 4.19. The Hall–Kier alpha value is -1.40. The first-order valence-corrected chi connectivity index (χ1v) is 7.45. The van der Waals surface area contributed by atoms with Crippen LogP contribution in [0.5, 0.6) is 0 Å². The van der Waals surface area contributed by atoms with Gasteiger partial charge in [-0.15, -0.1) is 11.3 Å². The fraction of sp³-hybridized carbons (Fsp3) is 0.231. The molecule has 6 heteroatoms. The first kappa shape index (κ1) is 14.0. The molecule has 0 saturated carbocycles. The number of hydrogen-bond acceptors (Lipinski definition) is 3. The van der Waals surface area contributed by atoms with E-state index in [1.165, 1.54) is 11.3 Å². The van der Waals surface area contributed by atoms with Crippen LogP contribution < -0.4 is 10.6 Å². The number of thiazole rings is 1. The number of hydrogen-bond donors (Lipinski definition) is 2. The molecular formula is C13H14BrN3OS. The molecule has 0 fully saturated rings. The second kappa shape index (κ2) is 6.16. The number of urea groups is 1. The second-order valence-corrected chi connectivity index (χ2v) is 6.29. The Balaban J connectivity index is 1.97. The van der Waals surface area contributed by atoms with Gasteiger partial charge in [0, 0.05) is 21.2 Å². The van der Waals surface area contributed by atoms with Crippen molar-refractivity contribution in [1.29, 1.82) is 0 Å². The van der Waals surface area contributed by atoms with Crippen molar-refractivity contribution in [3.05, 3.63) is 39.8 Å². The molecule has 0 radical (unpaired) electrons. The van der Waals surface area contributed by atoms with Gasteiger partial charge in [-0.2, -0.15) is 0 Å². The van der Waals surface area contributed by atoms with Gasteiger partial charge in [0.25, 0.3) is 0 Å². The van der Waals surface area contributed by atoms with Gasteiger partial charge in [0.05, 0.1) is 0 Å². The lowest BCUT2D eigenvalue weighted by atomic mass is 10.2. The summed E-state index contributed by atoms with van der Waals surface area (Å²) in [5.74, 6) is 0.418. The van der Waals surface area contributed by atoms with Crippen LogP contribution in [0.4, 0.5) is 15.6 Å². The van der Waals surface area contributed by atoms with Crippen molar-refractivity contribution in [2.45, 2.75) is 19.8 Å². The van der Waals surface area contributed by atoms with E-state index in [2.05, 4.69) is 45.4 Å². The molecule has 0 aliphatic carbocycles. The van der Waals surface area contributed by atoms with Crippen LogP contribution in [0.1, 0.15) is 24.6 Å². The van der Waals surface area contributed by atoms with E-state index in [0.29, 0.717) is 11.0 Å². The van der Waals surface area contributed by atoms with Crippen molar-refractivity contribution in [2.24, 2.45) is 0 Å². The van der Waals surface area contributed by atoms with Gasteiger partial charge in [0.1, 0.15) is 0 Å². The number of aromatic nitrogens is 1. The Bertz CT molecular complexity index is 583. The highest BCUT2D eigenvalue weighted by Gasteiger charge is 2.08. The van der Waals surface area contributed by atoms with E-state index < -0.39 is 0 Å². The number of halogens is 1. The largest absolute Gasteiger partial charge is 0.325 e. The van der Waals surface area contributed by atoms with Gasteiger partial charge in [-0.3, -0.25) is 5.32 Å². The summed E-state index contributed by atoms with van der Waals surface area (Å²) in [7, 11) is 0. The maximum absolute atomic E-state index is 11.8. The zero-order chi connectivity index (χ0) is 13.8. The number of rotatable bonds is 3. The van der Waals surface area contributed by atoms with Crippen LogP contribution in [0.2, 0.25) is 0 Å². The summed E-state index contributed by atoms with van der Waals surface area (Å²) < 4.78 is 0.918. The number of nitrogens with one attached hydrogen (secondary N) is 2. The van der Waals surface area contributed by atoms with Crippen LogP contribution in [0.3, 0.4) is 0 Å². The molecule has 0 unspecified atom stereocenters. The van der Waals surface area contributed by atoms with E-state index in [1.54, 1.807) is 6.20 Å². The number of nitrogens with zero attached hydrogens (tertiary/aromatic N) is 1. The molecule has 1 aromatic heterocycles. The van der Waals surface area contributed by atoms with Gasteiger partial charge >= 0.3 is 6.03 Å². The number of carbonyl (C=O) groups excluding carboxylic acids is 1. The SMILES string of the molecule is CC(C)c1cnc(NC(=O)Nc2cccc(Br)c2)s1. The average Bonchev–Trinajstić information content (AvgIpc) is 2.77. The number of carbonyl (C=O) groups is 1. The number of amides is 2. The summed E-state index contributed by atoms with van der Waals surface area (Å²) in [5, 5.41) is 6.09. The van der Waals surface area contributed by atoms with E-state index in [4.69, 9.17) is 0 Å². The average molecular weight is 340 g/mol. The van der Waals surface area contributed by atoms with Gasteiger partial charge in [-0.1, -0.05) is 35.8 Å². The van der Waals surface area contributed by atoms with E-state index in [9.17, 15) is 4.79 Å². The third-order valence-corrected chi connectivity index (χ3v) is 4.10. The Kier molecular flexibility index (Phi) is 4.55. The molecule has 0 spiro atoms. The molecule has 0 aliphatic rings. The molecule has 100 valence electrons. The van der Waals surface area contributed by atoms with Crippen molar-refractivity contribution < 1.29 is 4.79 Å². The first-order valence-electron chi connectivity index (χ1n) is 5.84. The Morgan fingerprint density at radius 3 is 2.79 bits per heavy atom. The van der Waals surface area contributed by atoms with E-state index >= 15 is 0 Å². The van der Waals surface area contributed by atoms with E-state index in [-0.39, 0.29) is 6.03 Å². The smallest absolute Gasteiger partial charge is 0.308 e. The molecule has 2 rings (SSSR count). The highest BCUT2D eigenvalue weighted by atomic mass is 79.9. The Morgan fingerprint density at radius 2 is 2.16 bits per heavy atom. The van der Waals surface area contributed by atoms with Crippen molar-refractivity contribution in [2.75, 3.05) is 10.6 Å². The number of benzene rings is 1. The molecule has 2 N–H and O–H groups in total. The molecule has 0 atom stereocenters. The maximum atomic E-state index is 11.8. The molecule has 2 aromatic rings. The summed E-state index contributed by atoms with van der Waals surface area (Å²) >= 11 is 4.85. The van der Waals surface area contributed by atoms with Crippen LogP contribution in [0, 0.1) is 0 Å². The Labute approximate surface area is 124 Å². The van der Waals surface area contributed by atoms with Crippen LogP contribution in [0.25, 0.3) is 0 Å². The highest BCUT2D eigenvalue weighted by Crippen LogP contribution is 2.25. The molecule has 0 bridgehead atoms. The van der Waals surface area contributed by atoms with E-state index in [0.717, 1.165) is 15.0 Å². The molecule has 2 amide bonds. The minimum absolute atomic E-state index is 0.289. The maximum Gasteiger partial charge on any atom is 0.325 e. The van der Waals surface area contributed by atoms with Gasteiger partial charge in [0.15, 0.2) is 5.13 Å². The molecule has 1 aromatic carbocycles. The van der Waals surface area contributed by atoms with Gasteiger partial charge in [-0.25, -0.2) is 9.78 Å². The van der Waals surface area contributed by atoms with Gasteiger partial charge in [0.2, 0.25) is 0 Å². The lowest BCUT2D eigenvalue weighted by Gasteiger charge is -2.05. The van der Waals surface area contributed by atoms with E-state index in [1.807, 2.05) is 24.3 Å². The topological polar surface area (TPSA) is 54.0 Å². The molecule has 0 aliphatic heterocycles. The standard InChI is InChI=1S/C13H14BrN3OS/c1-8(2)11-7-15-13(19-11)17-12(18)16-10-5-3-4-9(14)6-10/h3-8H,1-2H3,(H2,15,16,17,18). The van der Waals surface area contributed by atoms with Crippen LogP contribution in [-0.4, -0.2) is 11.0 Å². The molecular weight excluding hydrogens is 326 g/mol. The van der Waals surface area contributed by atoms with Gasteiger partial charge < -0.3 is 5.32 Å². The normalized spacial score (nSPS) is 10.5. The summed E-state index contributed by atoms with van der Waals surface area (Å²) in [6.07, 6.45) is 1.80. The van der Waals surface area contributed by atoms with Crippen LogP contribution >= 0.6 is 27.3 Å². The highest BCUT2D eigenvalue weighted by molar-refractivity contribution is 9.10. The summed E-state index contributed by atoms with van der Waals surface area (Å²) in [6, 6.07) is 7.13. The fourth-order valence-corrected chi connectivity index (χ4v) is 2.65. The zero-order valence-corrected chi connectivity index (χ0v) is 13.0. The quantitative estimate of drug-likeness (QED) is 0.853. The van der Waals surface area contributed by atoms with Crippen molar-refractivity contribution in [3.8, 4) is 0 Å². The predicted molar refractivity (Wildman–Crippen MR) is 83.0 cm³/mol. The van der Waals surface area contributed by atoms with Crippen LogP contribution in [0.15, 0.2) is 34.9 Å². The monoisotopic (exact) mass is 339 g/mol. The minimum atomic E-state index is -0.289. The number of anilines is 2. The van der Waals surface area contributed by atoms with Crippen LogP contribution in [-0.2, 0) is 0 Å². The third kappa shape index (κ3) is 4.04. The lowest BCUT2D eigenvalue weighted by Crippen LogP contribution is -2.19. The summed E-state index contributed by atoms with van der Waals surface area (Å²) in [5.41, 5.74) is 0.729. The predicted octanol–water partition coefficient (Wildman–Crippen LogP) is 4.67. The molecule has 0 saturated heterocycles. The lowest BCUT2D eigenvalue weighted by molar-refractivity contribution is 0.262. The fourth-order valence-electron chi connectivity index (χ4n) is 1.44. The first-order chi connectivity index (χ1) is 9.04. The van der Waals surface area contributed by atoms with Crippen molar-refractivity contribution in [1.82, 2.24) is 4.98 Å². The summed E-state index contributed by atoms with van der Waals surface area (Å²) in [4.78, 5) is 17.1. The molecule has 4 nitrogen and oxygen atoms in total. The van der Waals surface area contributed by atoms with Gasteiger partial charge in [-0.05, 0) is 24.1 Å². The molecule has 19 heavy (non-hydrogen) atoms. The zero-order valence-electron chi connectivity index (χ0n) is 10.6. The Morgan fingerprint density at radius 1 is 1.37 bits per heavy atom. The molecule has 1 heterocycles. The van der Waals surface area contributed by atoms with Crippen molar-refractivity contribution in [3.63, 3.8) is 0 Å².